The van der Waals surface area contributed by atoms with Crippen LogP contribution in [0.1, 0.15) is 32.8 Å². The second-order valence-corrected chi connectivity index (χ2v) is 6.30. The highest BCUT2D eigenvalue weighted by Crippen LogP contribution is 2.34. The van der Waals surface area contributed by atoms with E-state index < -0.39 is 0 Å². The van der Waals surface area contributed by atoms with Gasteiger partial charge >= 0.3 is 0 Å². The fraction of sp³-hybridized carbons (Fsp3) is 0.600. The van der Waals surface area contributed by atoms with Crippen molar-refractivity contribution in [2.24, 2.45) is 5.41 Å². The fourth-order valence-electron chi connectivity index (χ4n) is 2.47. The van der Waals surface area contributed by atoms with Crippen molar-refractivity contribution in [2.45, 2.75) is 33.7 Å². The second-order valence-electron chi connectivity index (χ2n) is 5.89. The molecule has 1 heterocycles. The smallest absolute Gasteiger partial charge is 0.0471 e. The molecule has 0 radical (unpaired) electrons. The van der Waals surface area contributed by atoms with Gasteiger partial charge in [-0.3, -0.25) is 0 Å². The van der Waals surface area contributed by atoms with Crippen LogP contribution in [-0.2, 0) is 6.54 Å². The molecular formula is C15H23ClN2. The minimum atomic E-state index is 0.426. The van der Waals surface area contributed by atoms with Crippen LogP contribution in [-0.4, -0.2) is 19.6 Å². The van der Waals surface area contributed by atoms with Crippen molar-refractivity contribution in [3.8, 4) is 0 Å². The van der Waals surface area contributed by atoms with Crippen LogP contribution in [0.5, 0.6) is 0 Å². The molecule has 0 amide bonds. The van der Waals surface area contributed by atoms with Gasteiger partial charge in [-0.05, 0) is 36.1 Å². The molecule has 2 nitrogen and oxygen atoms in total. The summed E-state index contributed by atoms with van der Waals surface area (Å²) in [7, 11) is 0. The number of halogens is 1. The lowest BCUT2D eigenvalue weighted by Gasteiger charge is -2.22. The first-order chi connectivity index (χ1) is 8.52. The molecule has 1 fully saturated rings. The number of benzene rings is 1. The van der Waals surface area contributed by atoms with Crippen LogP contribution in [0.3, 0.4) is 0 Å². The number of hydrogen-bond donors (Lipinski definition) is 1. The number of nitrogens with zero attached hydrogens (tertiary/aromatic N) is 1. The molecule has 0 unspecified atom stereocenters. The lowest BCUT2D eigenvalue weighted by Crippen LogP contribution is -2.22. The van der Waals surface area contributed by atoms with Crippen LogP contribution in [0.4, 0.5) is 5.69 Å². The highest BCUT2D eigenvalue weighted by atomic mass is 35.5. The molecule has 100 valence electrons. The van der Waals surface area contributed by atoms with E-state index in [9.17, 15) is 0 Å². The van der Waals surface area contributed by atoms with Crippen LogP contribution < -0.4 is 10.2 Å². The highest BCUT2D eigenvalue weighted by molar-refractivity contribution is 6.31. The summed E-state index contributed by atoms with van der Waals surface area (Å²) in [4.78, 5) is 2.43. The van der Waals surface area contributed by atoms with Crippen molar-refractivity contribution in [1.29, 1.82) is 0 Å². The molecule has 0 saturated carbocycles. The number of hydrogen-bond acceptors (Lipinski definition) is 2. The summed E-state index contributed by atoms with van der Waals surface area (Å²) in [6.45, 7) is 10.8. The summed E-state index contributed by atoms with van der Waals surface area (Å²) in [6, 6.07) is 6.45. The quantitative estimate of drug-likeness (QED) is 0.894. The third-order valence-electron chi connectivity index (χ3n) is 3.64. The lowest BCUT2D eigenvalue weighted by atomic mass is 9.93. The minimum absolute atomic E-state index is 0.426. The standard InChI is InChI=1S/C15H23ClN2/c1-4-17-10-12-5-6-13(9-14(12)16)18-8-7-15(2,3)11-18/h5-6,9,17H,4,7-8,10-11H2,1-3H3. The van der Waals surface area contributed by atoms with Crippen molar-refractivity contribution in [3.05, 3.63) is 28.8 Å². The van der Waals surface area contributed by atoms with Gasteiger partial charge in [0.05, 0.1) is 0 Å². The second kappa shape index (κ2) is 5.50. The van der Waals surface area contributed by atoms with Gasteiger partial charge in [-0.1, -0.05) is 38.4 Å². The summed E-state index contributed by atoms with van der Waals surface area (Å²) in [5.41, 5.74) is 2.86. The van der Waals surface area contributed by atoms with Crippen LogP contribution >= 0.6 is 11.6 Å². The van der Waals surface area contributed by atoms with E-state index in [1.165, 1.54) is 17.7 Å². The lowest BCUT2D eigenvalue weighted by molar-refractivity contribution is 0.418. The van der Waals surface area contributed by atoms with Crippen molar-refractivity contribution in [2.75, 3.05) is 24.5 Å². The first-order valence-electron chi connectivity index (χ1n) is 6.76. The Bertz CT molecular complexity index is 415. The summed E-state index contributed by atoms with van der Waals surface area (Å²) >= 11 is 6.35. The maximum Gasteiger partial charge on any atom is 0.0471 e. The average molecular weight is 267 g/mol. The van der Waals surface area contributed by atoms with E-state index in [2.05, 4.69) is 49.2 Å². The van der Waals surface area contributed by atoms with E-state index in [1.54, 1.807) is 0 Å². The summed E-state index contributed by atoms with van der Waals surface area (Å²) in [5, 5.41) is 4.18. The fourth-order valence-corrected chi connectivity index (χ4v) is 2.71. The Labute approximate surface area is 115 Å². The third kappa shape index (κ3) is 3.18. The molecular weight excluding hydrogens is 244 g/mol. The Kier molecular flexibility index (Phi) is 4.18. The molecule has 0 aliphatic carbocycles. The van der Waals surface area contributed by atoms with Gasteiger partial charge in [0.25, 0.3) is 0 Å². The summed E-state index contributed by atoms with van der Waals surface area (Å²) in [5.74, 6) is 0. The van der Waals surface area contributed by atoms with Crippen LogP contribution in [0.25, 0.3) is 0 Å². The van der Waals surface area contributed by atoms with Gasteiger partial charge < -0.3 is 10.2 Å². The van der Waals surface area contributed by atoms with Crippen LogP contribution in [0, 0.1) is 5.41 Å². The zero-order chi connectivity index (χ0) is 13.2. The number of nitrogens with one attached hydrogen (secondary N) is 1. The molecule has 0 aromatic heterocycles. The van der Waals surface area contributed by atoms with Crippen molar-refractivity contribution < 1.29 is 0 Å². The molecule has 1 aliphatic rings. The van der Waals surface area contributed by atoms with Gasteiger partial charge in [0.1, 0.15) is 0 Å². The Morgan fingerprint density at radius 3 is 2.72 bits per heavy atom. The van der Waals surface area contributed by atoms with Crippen molar-refractivity contribution in [1.82, 2.24) is 5.32 Å². The molecule has 0 bridgehead atoms. The molecule has 1 aliphatic heterocycles. The monoisotopic (exact) mass is 266 g/mol. The molecule has 3 heteroatoms. The largest absolute Gasteiger partial charge is 0.371 e. The molecule has 1 saturated heterocycles. The number of anilines is 1. The summed E-state index contributed by atoms with van der Waals surface area (Å²) < 4.78 is 0. The molecule has 0 atom stereocenters. The maximum absolute atomic E-state index is 6.35. The Morgan fingerprint density at radius 1 is 1.39 bits per heavy atom. The minimum Gasteiger partial charge on any atom is -0.371 e. The molecule has 1 aromatic rings. The maximum atomic E-state index is 6.35. The Hall–Kier alpha value is -0.730. The molecule has 1 N–H and O–H groups in total. The van der Waals surface area contributed by atoms with E-state index in [-0.39, 0.29) is 0 Å². The topological polar surface area (TPSA) is 15.3 Å². The van der Waals surface area contributed by atoms with Crippen LogP contribution in [0.15, 0.2) is 18.2 Å². The zero-order valence-corrected chi connectivity index (χ0v) is 12.3. The highest BCUT2D eigenvalue weighted by Gasteiger charge is 2.29. The first kappa shape index (κ1) is 13.7. The molecule has 18 heavy (non-hydrogen) atoms. The van der Waals surface area contributed by atoms with Gasteiger partial charge in [-0.2, -0.15) is 0 Å². The van der Waals surface area contributed by atoms with Crippen LogP contribution in [0.2, 0.25) is 5.02 Å². The van der Waals surface area contributed by atoms with Crippen molar-refractivity contribution >= 4 is 17.3 Å². The van der Waals surface area contributed by atoms with E-state index in [0.29, 0.717) is 5.41 Å². The SMILES string of the molecule is CCNCc1ccc(N2CCC(C)(C)C2)cc1Cl. The Morgan fingerprint density at radius 2 is 2.17 bits per heavy atom. The first-order valence-corrected chi connectivity index (χ1v) is 7.14. The normalized spacial score (nSPS) is 18.3. The predicted octanol–water partition coefficient (Wildman–Crippen LogP) is 3.69. The molecule has 2 rings (SSSR count). The van der Waals surface area contributed by atoms with E-state index >= 15 is 0 Å². The Balaban J connectivity index is 2.09. The molecule has 0 spiro atoms. The third-order valence-corrected chi connectivity index (χ3v) is 4.00. The van der Waals surface area contributed by atoms with E-state index in [0.717, 1.165) is 31.2 Å². The average Bonchev–Trinajstić information content (AvgIpc) is 2.68. The van der Waals surface area contributed by atoms with Gasteiger partial charge in [0.15, 0.2) is 0 Å². The number of rotatable bonds is 4. The van der Waals surface area contributed by atoms with Gasteiger partial charge in [-0.25, -0.2) is 0 Å². The molecule has 1 aromatic carbocycles. The zero-order valence-electron chi connectivity index (χ0n) is 11.6. The van der Waals surface area contributed by atoms with Gasteiger partial charge in [-0.15, -0.1) is 0 Å². The van der Waals surface area contributed by atoms with E-state index in [1.807, 2.05) is 0 Å². The summed E-state index contributed by atoms with van der Waals surface area (Å²) in [6.07, 6.45) is 1.25. The van der Waals surface area contributed by atoms with Gasteiger partial charge in [0, 0.05) is 30.3 Å². The van der Waals surface area contributed by atoms with Crippen molar-refractivity contribution in [3.63, 3.8) is 0 Å². The predicted molar refractivity (Wildman–Crippen MR) is 79.4 cm³/mol. The van der Waals surface area contributed by atoms with Gasteiger partial charge in [0.2, 0.25) is 0 Å². The van der Waals surface area contributed by atoms with E-state index in [4.69, 9.17) is 11.6 Å².